The molecular formula is C15H18ClNO4. The minimum atomic E-state index is -0.593. The number of carbonyl (C=O) groups is 1. The number of amides is 1. The summed E-state index contributed by atoms with van der Waals surface area (Å²) in [5.74, 6) is -0.0617. The second-order valence-corrected chi connectivity index (χ2v) is 5.71. The van der Waals surface area contributed by atoms with E-state index in [-0.39, 0.29) is 12.5 Å². The lowest BCUT2D eigenvalue weighted by molar-refractivity contribution is -0.193. The van der Waals surface area contributed by atoms with Crippen LogP contribution >= 0.6 is 11.6 Å². The predicted molar refractivity (Wildman–Crippen MR) is 77.4 cm³/mol. The van der Waals surface area contributed by atoms with E-state index in [1.54, 1.807) is 29.2 Å². The van der Waals surface area contributed by atoms with Gasteiger partial charge in [0.05, 0.1) is 19.8 Å². The summed E-state index contributed by atoms with van der Waals surface area (Å²) in [6, 6.07) is 7.02. The van der Waals surface area contributed by atoms with Gasteiger partial charge in [-0.25, -0.2) is 0 Å². The number of rotatable bonds is 3. The van der Waals surface area contributed by atoms with Crippen LogP contribution in [0.4, 0.5) is 0 Å². The van der Waals surface area contributed by atoms with Crippen molar-refractivity contribution < 1.29 is 19.0 Å². The molecule has 1 spiro atoms. The molecule has 21 heavy (non-hydrogen) atoms. The first-order chi connectivity index (χ1) is 10.2. The minimum Gasteiger partial charge on any atom is -0.484 e. The van der Waals surface area contributed by atoms with Crippen LogP contribution in [-0.4, -0.2) is 49.5 Å². The van der Waals surface area contributed by atoms with Crippen molar-refractivity contribution in [2.45, 2.75) is 18.6 Å². The number of hydrogen-bond donors (Lipinski definition) is 0. The molecule has 2 fully saturated rings. The fraction of sp³-hybridized carbons (Fsp3) is 0.533. The number of halogens is 1. The molecule has 0 unspecified atom stereocenters. The third kappa shape index (κ3) is 3.48. The van der Waals surface area contributed by atoms with Crippen LogP contribution in [0.25, 0.3) is 0 Å². The molecule has 0 N–H and O–H groups in total. The summed E-state index contributed by atoms with van der Waals surface area (Å²) in [5, 5.41) is 0.588. The number of likely N-dealkylation sites (tertiary alicyclic amines) is 1. The summed E-state index contributed by atoms with van der Waals surface area (Å²) in [6.07, 6.45) is 1.72. The van der Waals surface area contributed by atoms with E-state index in [1.807, 2.05) is 0 Å². The molecule has 2 aliphatic rings. The molecule has 0 aliphatic carbocycles. The van der Waals surface area contributed by atoms with Crippen LogP contribution in [0.3, 0.4) is 0 Å². The maximum absolute atomic E-state index is 12.3. The standard InChI is InChI=1S/C15H18ClNO4/c16-12-3-1-4-13(9-12)19-10-14(18)17-6-2-5-15(11-17)20-7-8-21-15/h1,3-4,9H,2,5-8,10-11H2. The molecular weight excluding hydrogens is 294 g/mol. The summed E-state index contributed by atoms with van der Waals surface area (Å²) in [4.78, 5) is 14.0. The summed E-state index contributed by atoms with van der Waals surface area (Å²) >= 11 is 5.88. The largest absolute Gasteiger partial charge is 0.484 e. The van der Waals surface area contributed by atoms with Gasteiger partial charge in [0.25, 0.3) is 5.91 Å². The molecule has 0 bridgehead atoms. The highest BCUT2D eigenvalue weighted by Gasteiger charge is 2.42. The van der Waals surface area contributed by atoms with Gasteiger partial charge in [0.1, 0.15) is 5.75 Å². The fourth-order valence-electron chi connectivity index (χ4n) is 2.73. The van der Waals surface area contributed by atoms with E-state index in [2.05, 4.69) is 0 Å². The molecule has 2 aliphatic heterocycles. The van der Waals surface area contributed by atoms with Gasteiger partial charge in [0, 0.05) is 18.0 Å². The number of nitrogens with zero attached hydrogens (tertiary/aromatic N) is 1. The third-order valence-corrected chi connectivity index (χ3v) is 3.98. The fourth-order valence-corrected chi connectivity index (χ4v) is 2.91. The van der Waals surface area contributed by atoms with Crippen molar-refractivity contribution in [3.63, 3.8) is 0 Å². The Morgan fingerprint density at radius 2 is 2.19 bits per heavy atom. The van der Waals surface area contributed by atoms with E-state index < -0.39 is 5.79 Å². The first-order valence-corrected chi connectivity index (χ1v) is 7.49. The number of ether oxygens (including phenoxy) is 3. The summed E-state index contributed by atoms with van der Waals surface area (Å²) in [6.45, 7) is 2.38. The molecule has 0 saturated carbocycles. The zero-order valence-corrected chi connectivity index (χ0v) is 12.5. The second-order valence-electron chi connectivity index (χ2n) is 5.27. The highest BCUT2D eigenvalue weighted by Crippen LogP contribution is 2.30. The first-order valence-electron chi connectivity index (χ1n) is 7.11. The molecule has 0 radical (unpaired) electrons. The van der Waals surface area contributed by atoms with Gasteiger partial charge in [-0.3, -0.25) is 4.79 Å². The van der Waals surface area contributed by atoms with Crippen molar-refractivity contribution in [2.75, 3.05) is 32.9 Å². The number of benzene rings is 1. The highest BCUT2D eigenvalue weighted by molar-refractivity contribution is 6.30. The van der Waals surface area contributed by atoms with Crippen molar-refractivity contribution in [1.82, 2.24) is 4.90 Å². The molecule has 2 saturated heterocycles. The van der Waals surface area contributed by atoms with E-state index in [1.165, 1.54) is 0 Å². The van der Waals surface area contributed by atoms with Gasteiger partial charge in [0.15, 0.2) is 12.4 Å². The Hall–Kier alpha value is -1.30. The smallest absolute Gasteiger partial charge is 0.260 e. The molecule has 1 aromatic carbocycles. The van der Waals surface area contributed by atoms with Crippen LogP contribution in [0.1, 0.15) is 12.8 Å². The molecule has 2 heterocycles. The van der Waals surface area contributed by atoms with E-state index in [4.69, 9.17) is 25.8 Å². The summed E-state index contributed by atoms with van der Waals surface area (Å²) < 4.78 is 16.8. The Balaban J connectivity index is 1.55. The third-order valence-electron chi connectivity index (χ3n) is 3.74. The average molecular weight is 312 g/mol. The summed E-state index contributed by atoms with van der Waals surface area (Å²) in [7, 11) is 0. The number of piperidine rings is 1. The summed E-state index contributed by atoms with van der Waals surface area (Å²) in [5.41, 5.74) is 0. The second kappa shape index (κ2) is 6.22. The molecule has 5 nitrogen and oxygen atoms in total. The maximum atomic E-state index is 12.3. The van der Waals surface area contributed by atoms with Gasteiger partial charge < -0.3 is 19.1 Å². The highest BCUT2D eigenvalue weighted by atomic mass is 35.5. The molecule has 1 aromatic rings. The van der Waals surface area contributed by atoms with Crippen LogP contribution in [-0.2, 0) is 14.3 Å². The van der Waals surface area contributed by atoms with Crippen LogP contribution in [0.5, 0.6) is 5.75 Å². The Morgan fingerprint density at radius 3 is 2.95 bits per heavy atom. The zero-order chi connectivity index (χ0) is 14.7. The van der Waals surface area contributed by atoms with Gasteiger partial charge in [-0.05, 0) is 24.6 Å². The number of carbonyl (C=O) groups excluding carboxylic acids is 1. The van der Waals surface area contributed by atoms with Crippen molar-refractivity contribution in [1.29, 1.82) is 0 Å². The van der Waals surface area contributed by atoms with Gasteiger partial charge in [-0.2, -0.15) is 0 Å². The Bertz CT molecular complexity index is 516. The first kappa shape index (κ1) is 14.6. The molecule has 0 atom stereocenters. The van der Waals surface area contributed by atoms with E-state index in [0.29, 0.717) is 37.1 Å². The average Bonchev–Trinajstić information content (AvgIpc) is 2.93. The molecule has 0 aromatic heterocycles. The van der Waals surface area contributed by atoms with Gasteiger partial charge in [0.2, 0.25) is 0 Å². The van der Waals surface area contributed by atoms with Gasteiger partial charge >= 0.3 is 0 Å². The Morgan fingerprint density at radius 1 is 1.38 bits per heavy atom. The SMILES string of the molecule is O=C(COc1cccc(Cl)c1)N1CCCC2(C1)OCCO2. The van der Waals surface area contributed by atoms with Crippen molar-refractivity contribution >= 4 is 17.5 Å². The normalized spacial score (nSPS) is 20.7. The lowest BCUT2D eigenvalue weighted by atomic mass is 10.0. The molecule has 3 rings (SSSR count). The number of hydrogen-bond acceptors (Lipinski definition) is 4. The van der Waals surface area contributed by atoms with E-state index in [0.717, 1.165) is 12.8 Å². The molecule has 6 heteroatoms. The lowest BCUT2D eigenvalue weighted by Gasteiger charge is -2.38. The zero-order valence-electron chi connectivity index (χ0n) is 11.7. The van der Waals surface area contributed by atoms with Crippen molar-refractivity contribution in [3.8, 4) is 5.75 Å². The van der Waals surface area contributed by atoms with E-state index >= 15 is 0 Å². The lowest BCUT2D eigenvalue weighted by Crippen LogP contribution is -2.52. The maximum Gasteiger partial charge on any atom is 0.260 e. The van der Waals surface area contributed by atoms with Crippen LogP contribution in [0.2, 0.25) is 5.02 Å². The minimum absolute atomic E-state index is 0.00355. The van der Waals surface area contributed by atoms with Gasteiger partial charge in [-0.15, -0.1) is 0 Å². The molecule has 114 valence electrons. The Labute approximate surface area is 128 Å². The topological polar surface area (TPSA) is 48.0 Å². The van der Waals surface area contributed by atoms with Crippen molar-refractivity contribution in [2.24, 2.45) is 0 Å². The monoisotopic (exact) mass is 311 g/mol. The van der Waals surface area contributed by atoms with Crippen LogP contribution in [0, 0.1) is 0 Å². The quantitative estimate of drug-likeness (QED) is 0.857. The Kier molecular flexibility index (Phi) is 4.33. The van der Waals surface area contributed by atoms with Crippen LogP contribution < -0.4 is 4.74 Å². The molecule has 1 amide bonds. The van der Waals surface area contributed by atoms with E-state index in [9.17, 15) is 4.79 Å². The van der Waals surface area contributed by atoms with Crippen molar-refractivity contribution in [3.05, 3.63) is 29.3 Å². The predicted octanol–water partition coefficient (Wildman–Crippen LogP) is 2.08. The van der Waals surface area contributed by atoms with Crippen LogP contribution in [0.15, 0.2) is 24.3 Å². The van der Waals surface area contributed by atoms with Gasteiger partial charge in [-0.1, -0.05) is 17.7 Å².